The fourth-order valence-corrected chi connectivity index (χ4v) is 3.77. The van der Waals surface area contributed by atoms with Crippen molar-refractivity contribution in [3.63, 3.8) is 0 Å². The average molecular weight is 515 g/mol. The Balaban J connectivity index is 1.58. The number of nitrogen functional groups attached to an aromatic ring is 1. The number of carboxylic acids is 2. The molecule has 2 atom stereocenters. The summed E-state index contributed by atoms with van der Waals surface area (Å²) in [5.41, 5.74) is 12.2. The third kappa shape index (κ3) is 7.51. The monoisotopic (exact) mass is 514 g/mol. The maximum Gasteiger partial charge on any atom is 0.326 e. The average Bonchev–Trinajstić information content (AvgIpc) is 2.86. The number of aliphatic carboxylic acids is 2. The smallest absolute Gasteiger partial charge is 0.326 e. The summed E-state index contributed by atoms with van der Waals surface area (Å²) in [5, 5.41) is 27.5. The van der Waals surface area contributed by atoms with Gasteiger partial charge in [-0.05, 0) is 50.1 Å². The predicted octanol–water partition coefficient (Wildman–Crippen LogP) is 0.365. The Bertz CT molecular complexity index is 1230. The first-order valence-corrected chi connectivity index (χ1v) is 11.7. The molecule has 0 bridgehead atoms. The van der Waals surface area contributed by atoms with Gasteiger partial charge in [-0.25, -0.2) is 9.79 Å². The highest BCUT2D eigenvalue weighted by atomic mass is 16.4. The van der Waals surface area contributed by atoms with Crippen molar-refractivity contribution in [1.82, 2.24) is 15.3 Å². The SMILES string of the molecule is NCCCCC(CC(NC(=O)c1ccc(NCC2=Nc3c(nc(N)[nH]c3=O)NC2)cc1)C(=O)O)C(=O)O. The first-order chi connectivity index (χ1) is 17.7. The Morgan fingerprint density at radius 1 is 1.11 bits per heavy atom. The lowest BCUT2D eigenvalue weighted by Crippen LogP contribution is -2.43. The van der Waals surface area contributed by atoms with Crippen molar-refractivity contribution in [3.05, 3.63) is 40.2 Å². The number of nitrogens with one attached hydrogen (secondary N) is 4. The molecule has 10 N–H and O–H groups in total. The first-order valence-electron chi connectivity index (χ1n) is 11.7. The van der Waals surface area contributed by atoms with E-state index in [0.29, 0.717) is 49.7 Å². The Labute approximate surface area is 211 Å². The molecule has 198 valence electrons. The van der Waals surface area contributed by atoms with E-state index in [1.807, 2.05) is 0 Å². The molecule has 1 aliphatic rings. The van der Waals surface area contributed by atoms with Gasteiger partial charge in [0.2, 0.25) is 5.95 Å². The molecule has 14 nitrogen and oxygen atoms in total. The molecule has 3 rings (SSSR count). The van der Waals surface area contributed by atoms with Gasteiger partial charge in [0.05, 0.1) is 24.7 Å². The van der Waals surface area contributed by atoms with Gasteiger partial charge in [0.1, 0.15) is 6.04 Å². The summed E-state index contributed by atoms with van der Waals surface area (Å²) in [6, 6.07) is 4.95. The van der Waals surface area contributed by atoms with Gasteiger partial charge in [-0.15, -0.1) is 0 Å². The highest BCUT2D eigenvalue weighted by Crippen LogP contribution is 2.21. The number of hydrogen-bond acceptors (Lipinski definition) is 10. The van der Waals surface area contributed by atoms with Gasteiger partial charge in [0.15, 0.2) is 11.5 Å². The van der Waals surface area contributed by atoms with E-state index >= 15 is 0 Å². The van der Waals surface area contributed by atoms with Gasteiger partial charge in [0, 0.05) is 11.3 Å². The molecule has 0 radical (unpaired) electrons. The van der Waals surface area contributed by atoms with Crippen LogP contribution in [0.25, 0.3) is 0 Å². The van der Waals surface area contributed by atoms with Crippen molar-refractivity contribution in [2.24, 2.45) is 16.6 Å². The van der Waals surface area contributed by atoms with Crippen LogP contribution in [0, 0.1) is 5.92 Å². The molecule has 1 aromatic heterocycles. The predicted molar refractivity (Wildman–Crippen MR) is 137 cm³/mol. The third-order valence-electron chi connectivity index (χ3n) is 5.77. The standard InChI is InChI=1S/C23H30N8O6/c24-8-2-1-3-13(21(34)35)9-16(22(36)37)29-19(32)12-4-6-14(7-5-12)26-10-15-11-27-18-17(28-15)20(33)31-23(25)30-18/h4-7,13,16,26H,1-3,8-11,24H2,(H,29,32)(H,34,35)(H,36,37)(H4,25,27,30,31,33). The number of unbranched alkanes of at least 4 members (excludes halogenated alkanes) is 1. The number of benzene rings is 1. The van der Waals surface area contributed by atoms with Crippen LogP contribution in [-0.2, 0) is 9.59 Å². The van der Waals surface area contributed by atoms with Crippen LogP contribution in [0.1, 0.15) is 36.0 Å². The Hall–Kier alpha value is -4.46. The number of nitrogens with two attached hydrogens (primary N) is 2. The molecular formula is C23H30N8O6. The second kappa shape index (κ2) is 12.5. The highest BCUT2D eigenvalue weighted by molar-refractivity contribution is 5.98. The second-order valence-electron chi connectivity index (χ2n) is 8.53. The summed E-state index contributed by atoms with van der Waals surface area (Å²) >= 11 is 0. The van der Waals surface area contributed by atoms with Gasteiger partial charge < -0.3 is 37.6 Å². The van der Waals surface area contributed by atoms with E-state index < -0.39 is 35.4 Å². The fourth-order valence-electron chi connectivity index (χ4n) is 3.77. The number of rotatable bonds is 13. The summed E-state index contributed by atoms with van der Waals surface area (Å²) in [6.07, 6.45) is 1.23. The normalized spacial score (nSPS) is 13.9. The van der Waals surface area contributed by atoms with Crippen molar-refractivity contribution in [2.75, 3.05) is 36.0 Å². The number of hydrogen-bond donors (Lipinski definition) is 8. The molecule has 0 aliphatic carbocycles. The van der Waals surface area contributed by atoms with Crippen LogP contribution in [-0.4, -0.2) is 69.4 Å². The molecule has 37 heavy (non-hydrogen) atoms. The van der Waals surface area contributed by atoms with Gasteiger partial charge in [-0.1, -0.05) is 6.42 Å². The molecule has 0 saturated heterocycles. The van der Waals surface area contributed by atoms with Crippen LogP contribution in [0.3, 0.4) is 0 Å². The Kier molecular flexibility index (Phi) is 9.16. The van der Waals surface area contributed by atoms with E-state index in [2.05, 4.69) is 30.9 Å². The van der Waals surface area contributed by atoms with Crippen LogP contribution in [0.2, 0.25) is 0 Å². The number of aromatic amines is 1. The maximum atomic E-state index is 12.6. The number of aromatic nitrogens is 2. The van der Waals surface area contributed by atoms with Gasteiger partial charge in [-0.2, -0.15) is 4.98 Å². The van der Waals surface area contributed by atoms with E-state index in [-0.39, 0.29) is 30.0 Å². The van der Waals surface area contributed by atoms with Crippen LogP contribution in [0.5, 0.6) is 0 Å². The van der Waals surface area contributed by atoms with Crippen LogP contribution in [0.15, 0.2) is 34.1 Å². The first kappa shape index (κ1) is 27.1. The van der Waals surface area contributed by atoms with E-state index in [1.54, 1.807) is 12.1 Å². The summed E-state index contributed by atoms with van der Waals surface area (Å²) in [7, 11) is 0. The zero-order chi connectivity index (χ0) is 26.9. The zero-order valence-corrected chi connectivity index (χ0v) is 20.0. The maximum absolute atomic E-state index is 12.6. The zero-order valence-electron chi connectivity index (χ0n) is 20.0. The minimum absolute atomic E-state index is 0.00367. The topological polar surface area (TPSA) is 238 Å². The van der Waals surface area contributed by atoms with E-state index in [1.165, 1.54) is 12.1 Å². The minimum Gasteiger partial charge on any atom is -0.481 e. The molecule has 1 amide bonds. The lowest BCUT2D eigenvalue weighted by molar-refractivity contribution is -0.144. The van der Waals surface area contributed by atoms with Crippen LogP contribution >= 0.6 is 0 Å². The van der Waals surface area contributed by atoms with Gasteiger partial charge in [0.25, 0.3) is 11.5 Å². The number of fused-ring (bicyclic) bond motifs is 1. The summed E-state index contributed by atoms with van der Waals surface area (Å²) in [5.74, 6) is -3.65. The van der Waals surface area contributed by atoms with Crippen molar-refractivity contribution < 1.29 is 24.6 Å². The van der Waals surface area contributed by atoms with E-state index in [4.69, 9.17) is 11.5 Å². The molecule has 1 aliphatic heterocycles. The number of aliphatic imine (C=N–C) groups is 1. The third-order valence-corrected chi connectivity index (χ3v) is 5.77. The van der Waals surface area contributed by atoms with E-state index in [9.17, 15) is 29.4 Å². The highest BCUT2D eigenvalue weighted by Gasteiger charge is 2.28. The molecule has 14 heteroatoms. The summed E-state index contributed by atoms with van der Waals surface area (Å²) in [6.45, 7) is 1.09. The van der Waals surface area contributed by atoms with Crippen molar-refractivity contribution in [3.8, 4) is 0 Å². The molecule has 0 spiro atoms. The molecule has 2 heterocycles. The molecule has 0 fully saturated rings. The number of carboxylic acid groups (broad SMARTS) is 2. The summed E-state index contributed by atoms with van der Waals surface area (Å²) in [4.78, 5) is 58.6. The number of nitrogens with zero attached hydrogens (tertiary/aromatic N) is 2. The van der Waals surface area contributed by atoms with Crippen molar-refractivity contribution >= 4 is 46.7 Å². The molecule has 2 unspecified atom stereocenters. The van der Waals surface area contributed by atoms with E-state index in [0.717, 1.165) is 0 Å². The van der Waals surface area contributed by atoms with Crippen LogP contribution < -0.4 is 33.0 Å². The Morgan fingerprint density at radius 3 is 2.49 bits per heavy atom. The van der Waals surface area contributed by atoms with Crippen molar-refractivity contribution in [2.45, 2.75) is 31.7 Å². The number of carbonyl (C=O) groups excluding carboxylic acids is 1. The minimum atomic E-state index is -1.35. The second-order valence-corrected chi connectivity index (χ2v) is 8.53. The summed E-state index contributed by atoms with van der Waals surface area (Å²) < 4.78 is 0. The fraction of sp³-hybridized carbons (Fsp3) is 0.391. The number of H-pyrrole nitrogens is 1. The van der Waals surface area contributed by atoms with Gasteiger partial charge in [-0.3, -0.25) is 19.4 Å². The number of anilines is 3. The molecule has 1 aromatic carbocycles. The lowest BCUT2D eigenvalue weighted by Gasteiger charge is -2.19. The number of carbonyl (C=O) groups is 3. The Morgan fingerprint density at radius 2 is 1.84 bits per heavy atom. The quantitative estimate of drug-likeness (QED) is 0.170. The number of amides is 1. The largest absolute Gasteiger partial charge is 0.481 e. The molecule has 2 aromatic rings. The molecular weight excluding hydrogens is 484 g/mol. The lowest BCUT2D eigenvalue weighted by atomic mass is 9.94. The van der Waals surface area contributed by atoms with Gasteiger partial charge >= 0.3 is 11.9 Å². The van der Waals surface area contributed by atoms with Crippen molar-refractivity contribution in [1.29, 1.82) is 0 Å². The van der Waals surface area contributed by atoms with Crippen LogP contribution in [0.4, 0.5) is 23.1 Å². The molecule has 0 saturated carbocycles.